The van der Waals surface area contributed by atoms with Crippen molar-refractivity contribution in [2.24, 2.45) is 0 Å². The zero-order valence-electron chi connectivity index (χ0n) is 11.1. The predicted octanol–water partition coefficient (Wildman–Crippen LogP) is 2.75. The summed E-state index contributed by atoms with van der Waals surface area (Å²) in [4.78, 5) is 0.183. The van der Waals surface area contributed by atoms with E-state index in [0.717, 1.165) is 5.56 Å². The summed E-state index contributed by atoms with van der Waals surface area (Å²) in [5, 5.41) is 0. The molecule has 0 amide bonds. The number of hydrogen-bond acceptors (Lipinski definition) is 4. The van der Waals surface area contributed by atoms with Gasteiger partial charge in [-0.2, -0.15) is 4.31 Å². The maximum absolute atomic E-state index is 12.5. The first kappa shape index (κ1) is 15.1. The number of nitrogen functional groups attached to an aromatic ring is 1. The fourth-order valence-corrected chi connectivity index (χ4v) is 3.46. The molecule has 2 rings (SSSR count). The minimum absolute atomic E-state index is 0.155. The van der Waals surface area contributed by atoms with Gasteiger partial charge in [-0.05, 0) is 58.7 Å². The highest BCUT2D eigenvalue weighted by Crippen LogP contribution is 2.22. The van der Waals surface area contributed by atoms with Gasteiger partial charge in [0, 0.05) is 12.7 Å². The van der Waals surface area contributed by atoms with Crippen molar-refractivity contribution in [3.8, 4) is 0 Å². The SMILES string of the molecule is Cc1cc(N)cc(S(=O)(=O)N(C)Cc2ccc(Br)o2)c1. The molecule has 0 fully saturated rings. The van der Waals surface area contributed by atoms with E-state index in [1.165, 1.54) is 17.4 Å². The number of nitrogens with two attached hydrogens (primary N) is 1. The van der Waals surface area contributed by atoms with E-state index in [1.54, 1.807) is 31.2 Å². The number of hydrogen-bond donors (Lipinski definition) is 1. The van der Waals surface area contributed by atoms with Crippen LogP contribution in [0, 0.1) is 6.92 Å². The van der Waals surface area contributed by atoms with E-state index >= 15 is 0 Å². The molecular formula is C13H15BrN2O3S. The Bertz CT molecular complexity index is 705. The fraction of sp³-hybridized carbons (Fsp3) is 0.231. The number of furan rings is 1. The van der Waals surface area contributed by atoms with Crippen molar-refractivity contribution >= 4 is 31.6 Å². The summed E-state index contributed by atoms with van der Waals surface area (Å²) < 4.78 is 32.0. The molecule has 1 aromatic heterocycles. The molecule has 1 aromatic carbocycles. The lowest BCUT2D eigenvalue weighted by Gasteiger charge is -2.16. The fourth-order valence-electron chi connectivity index (χ4n) is 1.85. The third-order valence-electron chi connectivity index (χ3n) is 2.79. The molecule has 2 N–H and O–H groups in total. The number of halogens is 1. The first-order chi connectivity index (χ1) is 9.29. The normalized spacial score (nSPS) is 12.0. The van der Waals surface area contributed by atoms with Crippen LogP contribution < -0.4 is 5.73 Å². The quantitative estimate of drug-likeness (QED) is 0.852. The highest BCUT2D eigenvalue weighted by Gasteiger charge is 2.22. The molecule has 5 nitrogen and oxygen atoms in total. The summed E-state index contributed by atoms with van der Waals surface area (Å²) >= 11 is 3.19. The molecule has 0 spiro atoms. The Kier molecular flexibility index (Phi) is 4.22. The maximum atomic E-state index is 12.5. The topological polar surface area (TPSA) is 76.5 Å². The average Bonchev–Trinajstić information content (AvgIpc) is 2.73. The van der Waals surface area contributed by atoms with Crippen molar-refractivity contribution in [3.05, 3.63) is 46.3 Å². The van der Waals surface area contributed by atoms with Crippen LogP contribution >= 0.6 is 15.9 Å². The summed E-state index contributed by atoms with van der Waals surface area (Å²) in [5.41, 5.74) is 6.94. The first-order valence-electron chi connectivity index (χ1n) is 5.87. The van der Waals surface area contributed by atoms with E-state index in [-0.39, 0.29) is 11.4 Å². The monoisotopic (exact) mass is 358 g/mol. The van der Waals surface area contributed by atoms with Crippen molar-refractivity contribution in [2.75, 3.05) is 12.8 Å². The Hall–Kier alpha value is -1.31. The van der Waals surface area contributed by atoms with Gasteiger partial charge in [-0.15, -0.1) is 0 Å². The molecule has 0 aliphatic rings. The highest BCUT2D eigenvalue weighted by molar-refractivity contribution is 9.10. The first-order valence-corrected chi connectivity index (χ1v) is 8.10. The molecule has 7 heteroatoms. The van der Waals surface area contributed by atoms with Crippen LogP contribution in [-0.2, 0) is 16.6 Å². The van der Waals surface area contributed by atoms with E-state index < -0.39 is 10.0 Å². The van der Waals surface area contributed by atoms with E-state index in [4.69, 9.17) is 10.2 Å². The van der Waals surface area contributed by atoms with Crippen LogP contribution in [0.15, 0.2) is 44.3 Å². The van der Waals surface area contributed by atoms with Crippen molar-refractivity contribution in [2.45, 2.75) is 18.4 Å². The van der Waals surface area contributed by atoms with Crippen LogP contribution in [0.4, 0.5) is 5.69 Å². The smallest absolute Gasteiger partial charge is 0.243 e. The Morgan fingerprint density at radius 2 is 2.00 bits per heavy atom. The minimum atomic E-state index is -3.59. The molecule has 2 aromatic rings. The number of anilines is 1. The molecule has 0 saturated heterocycles. The lowest BCUT2D eigenvalue weighted by atomic mass is 10.2. The summed E-state index contributed by atoms with van der Waals surface area (Å²) in [6.07, 6.45) is 0. The molecule has 1 heterocycles. The van der Waals surface area contributed by atoms with Crippen molar-refractivity contribution in [1.29, 1.82) is 0 Å². The zero-order chi connectivity index (χ0) is 14.9. The second-order valence-electron chi connectivity index (χ2n) is 4.55. The van der Waals surface area contributed by atoms with Crippen LogP contribution in [0.5, 0.6) is 0 Å². The highest BCUT2D eigenvalue weighted by atomic mass is 79.9. The predicted molar refractivity (Wildman–Crippen MR) is 80.7 cm³/mol. The summed E-state index contributed by atoms with van der Waals surface area (Å²) in [5.74, 6) is 0.559. The lowest BCUT2D eigenvalue weighted by Crippen LogP contribution is -2.26. The molecule has 0 aliphatic carbocycles. The van der Waals surface area contributed by atoms with Crippen LogP contribution in [0.1, 0.15) is 11.3 Å². The van der Waals surface area contributed by atoms with Gasteiger partial charge in [0.1, 0.15) is 5.76 Å². The Morgan fingerprint density at radius 3 is 2.55 bits per heavy atom. The second kappa shape index (κ2) is 5.59. The molecule has 0 radical (unpaired) electrons. The maximum Gasteiger partial charge on any atom is 0.243 e. The zero-order valence-corrected chi connectivity index (χ0v) is 13.5. The molecule has 0 aliphatic heterocycles. The number of rotatable bonds is 4. The van der Waals surface area contributed by atoms with Crippen LogP contribution in [0.2, 0.25) is 0 Å². The molecule has 108 valence electrons. The summed E-state index contributed by atoms with van der Waals surface area (Å²) in [6.45, 7) is 1.96. The third-order valence-corrected chi connectivity index (χ3v) is 5.00. The lowest BCUT2D eigenvalue weighted by molar-refractivity contribution is 0.398. The van der Waals surface area contributed by atoms with E-state index in [2.05, 4.69) is 15.9 Å². The van der Waals surface area contributed by atoms with Gasteiger partial charge in [0.15, 0.2) is 4.67 Å². The van der Waals surface area contributed by atoms with Gasteiger partial charge in [0.2, 0.25) is 10.0 Å². The molecule has 0 saturated carbocycles. The average molecular weight is 359 g/mol. The molecule has 0 atom stereocenters. The molecule has 0 unspecified atom stereocenters. The van der Waals surface area contributed by atoms with Crippen molar-refractivity contribution in [1.82, 2.24) is 4.31 Å². The van der Waals surface area contributed by atoms with Gasteiger partial charge in [0.05, 0.1) is 11.4 Å². The van der Waals surface area contributed by atoms with Crippen LogP contribution in [0.3, 0.4) is 0 Å². The van der Waals surface area contributed by atoms with Crippen LogP contribution in [0.25, 0.3) is 0 Å². The standard InChI is InChI=1S/C13H15BrN2O3S/c1-9-5-10(15)7-12(6-9)20(17,18)16(2)8-11-3-4-13(14)19-11/h3-7H,8,15H2,1-2H3. The van der Waals surface area contributed by atoms with E-state index in [0.29, 0.717) is 16.1 Å². The second-order valence-corrected chi connectivity index (χ2v) is 7.37. The molecule has 0 bridgehead atoms. The third kappa shape index (κ3) is 3.23. The van der Waals surface area contributed by atoms with Gasteiger partial charge in [-0.1, -0.05) is 0 Å². The largest absolute Gasteiger partial charge is 0.453 e. The van der Waals surface area contributed by atoms with Crippen molar-refractivity contribution < 1.29 is 12.8 Å². The number of sulfonamides is 1. The molecular weight excluding hydrogens is 344 g/mol. The van der Waals surface area contributed by atoms with Crippen molar-refractivity contribution in [3.63, 3.8) is 0 Å². The van der Waals surface area contributed by atoms with Crippen LogP contribution in [-0.4, -0.2) is 19.8 Å². The molecule has 20 heavy (non-hydrogen) atoms. The summed E-state index contributed by atoms with van der Waals surface area (Å²) in [6, 6.07) is 8.22. The van der Waals surface area contributed by atoms with Gasteiger partial charge < -0.3 is 10.2 Å². The van der Waals surface area contributed by atoms with Gasteiger partial charge in [-0.3, -0.25) is 0 Å². The van der Waals surface area contributed by atoms with E-state index in [1.807, 2.05) is 0 Å². The number of aryl methyl sites for hydroxylation is 1. The summed E-state index contributed by atoms with van der Waals surface area (Å²) in [7, 11) is -2.09. The van der Waals surface area contributed by atoms with E-state index in [9.17, 15) is 8.42 Å². The number of benzene rings is 1. The van der Waals surface area contributed by atoms with Gasteiger partial charge in [-0.25, -0.2) is 8.42 Å². The Labute approximate surface area is 126 Å². The number of nitrogens with zero attached hydrogens (tertiary/aromatic N) is 1. The van der Waals surface area contributed by atoms with Gasteiger partial charge in [0.25, 0.3) is 0 Å². The Morgan fingerprint density at radius 1 is 1.30 bits per heavy atom. The minimum Gasteiger partial charge on any atom is -0.453 e. The van der Waals surface area contributed by atoms with Gasteiger partial charge >= 0.3 is 0 Å². The Balaban J connectivity index is 2.29.